The number of hydrogen-bond donors (Lipinski definition) is 2. The summed E-state index contributed by atoms with van der Waals surface area (Å²) in [7, 11) is 0. The standard InChI is InChI=1S/C21H24N4O2S/c1-6-27-16-9-7-15(8-10-16)20(26)23-18-13(4)11-17-19(14(18)5)28-21(22-17)25-24-12(2)3/h7-11H,6H2,1-5H3,(H,22,25)(H,23,26). The molecule has 0 bridgehead atoms. The zero-order valence-corrected chi connectivity index (χ0v) is 17.5. The predicted octanol–water partition coefficient (Wildman–Crippen LogP) is 5.37. The largest absolute Gasteiger partial charge is 0.494 e. The molecule has 3 aromatic rings. The Kier molecular flexibility index (Phi) is 5.94. The van der Waals surface area contributed by atoms with E-state index in [0.717, 1.165) is 43.6 Å². The van der Waals surface area contributed by atoms with Gasteiger partial charge in [-0.1, -0.05) is 11.3 Å². The Hall–Kier alpha value is -2.93. The van der Waals surface area contributed by atoms with Gasteiger partial charge in [0, 0.05) is 17.0 Å². The first-order valence-electron chi connectivity index (χ1n) is 9.11. The van der Waals surface area contributed by atoms with Crippen LogP contribution in [0.4, 0.5) is 10.8 Å². The molecule has 0 radical (unpaired) electrons. The highest BCUT2D eigenvalue weighted by molar-refractivity contribution is 7.22. The summed E-state index contributed by atoms with van der Waals surface area (Å²) in [6.45, 7) is 10.3. The second kappa shape index (κ2) is 8.39. The van der Waals surface area contributed by atoms with Gasteiger partial charge in [-0.25, -0.2) is 4.98 Å². The van der Waals surface area contributed by atoms with Crippen LogP contribution in [0.25, 0.3) is 10.2 Å². The molecule has 7 heteroatoms. The van der Waals surface area contributed by atoms with E-state index in [4.69, 9.17) is 4.74 Å². The summed E-state index contributed by atoms with van der Waals surface area (Å²) in [5.41, 5.74) is 8.17. The summed E-state index contributed by atoms with van der Waals surface area (Å²) >= 11 is 1.52. The van der Waals surface area contributed by atoms with Crippen LogP contribution >= 0.6 is 11.3 Å². The Morgan fingerprint density at radius 3 is 2.57 bits per heavy atom. The van der Waals surface area contributed by atoms with Crippen molar-refractivity contribution in [2.45, 2.75) is 34.6 Å². The summed E-state index contributed by atoms with van der Waals surface area (Å²) < 4.78 is 6.46. The summed E-state index contributed by atoms with van der Waals surface area (Å²) in [6.07, 6.45) is 0. The number of amides is 1. The lowest BCUT2D eigenvalue weighted by molar-refractivity contribution is 0.102. The van der Waals surface area contributed by atoms with Gasteiger partial charge in [0.2, 0.25) is 5.13 Å². The van der Waals surface area contributed by atoms with Crippen molar-refractivity contribution >= 4 is 44.0 Å². The fourth-order valence-electron chi connectivity index (χ4n) is 2.84. The molecular weight excluding hydrogens is 372 g/mol. The Balaban J connectivity index is 1.87. The zero-order valence-electron chi connectivity index (χ0n) is 16.7. The monoisotopic (exact) mass is 396 g/mol. The number of aryl methyl sites for hydroxylation is 2. The molecule has 0 saturated heterocycles. The van der Waals surface area contributed by atoms with Crippen molar-refractivity contribution in [3.8, 4) is 5.75 Å². The van der Waals surface area contributed by atoms with E-state index in [1.807, 2.05) is 40.7 Å². The van der Waals surface area contributed by atoms with E-state index in [2.05, 4.69) is 20.8 Å². The minimum atomic E-state index is -0.150. The van der Waals surface area contributed by atoms with Crippen LogP contribution in [0.3, 0.4) is 0 Å². The van der Waals surface area contributed by atoms with E-state index >= 15 is 0 Å². The number of nitrogens with zero attached hydrogens (tertiary/aromatic N) is 2. The molecule has 0 aliphatic heterocycles. The average Bonchev–Trinajstić information content (AvgIpc) is 3.07. The minimum Gasteiger partial charge on any atom is -0.494 e. The van der Waals surface area contributed by atoms with Gasteiger partial charge in [-0.2, -0.15) is 5.10 Å². The van der Waals surface area contributed by atoms with Crippen LogP contribution in [0.2, 0.25) is 0 Å². The molecule has 0 fully saturated rings. The van der Waals surface area contributed by atoms with Gasteiger partial charge in [-0.05, 0) is 76.1 Å². The summed E-state index contributed by atoms with van der Waals surface area (Å²) in [4.78, 5) is 17.3. The lowest BCUT2D eigenvalue weighted by Gasteiger charge is -2.12. The third-order valence-corrected chi connectivity index (χ3v) is 5.25. The second-order valence-corrected chi connectivity index (χ2v) is 7.64. The number of benzene rings is 2. The number of thiazole rings is 1. The molecule has 0 atom stereocenters. The Morgan fingerprint density at radius 1 is 1.21 bits per heavy atom. The molecular formula is C21H24N4O2S. The summed E-state index contributed by atoms with van der Waals surface area (Å²) in [5, 5.41) is 7.99. The molecule has 0 spiro atoms. The molecule has 1 heterocycles. The van der Waals surface area contributed by atoms with E-state index < -0.39 is 0 Å². The highest BCUT2D eigenvalue weighted by atomic mass is 32.1. The van der Waals surface area contributed by atoms with Gasteiger partial charge in [0.15, 0.2) is 0 Å². The van der Waals surface area contributed by atoms with Crippen LogP contribution in [0, 0.1) is 13.8 Å². The van der Waals surface area contributed by atoms with Gasteiger partial charge in [0.25, 0.3) is 5.91 Å². The highest BCUT2D eigenvalue weighted by Gasteiger charge is 2.15. The number of rotatable bonds is 6. The van der Waals surface area contributed by atoms with Gasteiger partial charge in [0.1, 0.15) is 5.75 Å². The minimum absolute atomic E-state index is 0.150. The Labute approximate surface area is 168 Å². The van der Waals surface area contributed by atoms with Crippen molar-refractivity contribution in [2.24, 2.45) is 5.10 Å². The van der Waals surface area contributed by atoms with Gasteiger partial charge in [-0.15, -0.1) is 0 Å². The van der Waals surface area contributed by atoms with Gasteiger partial charge < -0.3 is 10.1 Å². The Morgan fingerprint density at radius 2 is 1.93 bits per heavy atom. The van der Waals surface area contributed by atoms with Crippen molar-refractivity contribution < 1.29 is 9.53 Å². The van der Waals surface area contributed by atoms with Crippen molar-refractivity contribution in [1.29, 1.82) is 0 Å². The predicted molar refractivity (Wildman–Crippen MR) is 117 cm³/mol. The molecule has 0 aliphatic carbocycles. The lowest BCUT2D eigenvalue weighted by atomic mass is 10.1. The fourth-order valence-corrected chi connectivity index (χ4v) is 3.73. The quantitative estimate of drug-likeness (QED) is 0.434. The number of ether oxygens (including phenoxy) is 1. The first-order chi connectivity index (χ1) is 13.4. The number of anilines is 2. The number of carbonyl (C=O) groups is 1. The van der Waals surface area contributed by atoms with Gasteiger partial charge in [0.05, 0.1) is 16.8 Å². The molecule has 0 aliphatic rings. The van der Waals surface area contributed by atoms with Crippen LogP contribution in [0.15, 0.2) is 35.4 Å². The maximum absolute atomic E-state index is 12.7. The fraction of sp³-hybridized carbons (Fsp3) is 0.286. The number of nitrogens with one attached hydrogen (secondary N) is 2. The van der Waals surface area contributed by atoms with Crippen LogP contribution in [0.1, 0.15) is 42.3 Å². The van der Waals surface area contributed by atoms with E-state index in [9.17, 15) is 4.79 Å². The van der Waals surface area contributed by atoms with Crippen molar-refractivity contribution in [3.05, 3.63) is 47.0 Å². The molecule has 3 rings (SSSR count). The average molecular weight is 397 g/mol. The lowest BCUT2D eigenvalue weighted by Crippen LogP contribution is -2.13. The normalized spacial score (nSPS) is 10.6. The highest BCUT2D eigenvalue weighted by Crippen LogP contribution is 2.35. The maximum Gasteiger partial charge on any atom is 0.255 e. The third-order valence-electron chi connectivity index (χ3n) is 4.16. The smallest absolute Gasteiger partial charge is 0.255 e. The molecule has 0 saturated carbocycles. The van der Waals surface area contributed by atoms with Crippen LogP contribution in [-0.2, 0) is 0 Å². The van der Waals surface area contributed by atoms with E-state index in [1.54, 1.807) is 24.3 Å². The third kappa shape index (κ3) is 4.31. The van der Waals surface area contributed by atoms with Crippen molar-refractivity contribution in [2.75, 3.05) is 17.3 Å². The van der Waals surface area contributed by atoms with Crippen molar-refractivity contribution in [3.63, 3.8) is 0 Å². The topological polar surface area (TPSA) is 75.6 Å². The molecule has 1 aromatic heterocycles. The SMILES string of the molecule is CCOc1ccc(C(=O)Nc2c(C)cc3nc(NN=C(C)C)sc3c2C)cc1. The molecule has 146 valence electrons. The van der Waals surface area contributed by atoms with E-state index in [-0.39, 0.29) is 5.91 Å². The van der Waals surface area contributed by atoms with Crippen molar-refractivity contribution in [1.82, 2.24) is 4.98 Å². The molecule has 2 N–H and O–H groups in total. The van der Waals surface area contributed by atoms with Crippen LogP contribution in [-0.4, -0.2) is 23.2 Å². The van der Waals surface area contributed by atoms with E-state index in [0.29, 0.717) is 12.2 Å². The van der Waals surface area contributed by atoms with Crippen LogP contribution in [0.5, 0.6) is 5.75 Å². The number of fused-ring (bicyclic) bond motifs is 1. The number of aromatic nitrogens is 1. The molecule has 28 heavy (non-hydrogen) atoms. The van der Waals surface area contributed by atoms with Gasteiger partial charge >= 0.3 is 0 Å². The number of carbonyl (C=O) groups excluding carboxylic acids is 1. The number of hydrazone groups is 1. The van der Waals surface area contributed by atoms with E-state index in [1.165, 1.54) is 11.3 Å². The number of hydrogen-bond acceptors (Lipinski definition) is 6. The first kappa shape index (κ1) is 19.8. The molecule has 6 nitrogen and oxygen atoms in total. The maximum atomic E-state index is 12.7. The molecule has 1 amide bonds. The summed E-state index contributed by atoms with van der Waals surface area (Å²) in [6, 6.07) is 9.13. The first-order valence-corrected chi connectivity index (χ1v) is 9.92. The van der Waals surface area contributed by atoms with Crippen LogP contribution < -0.4 is 15.5 Å². The second-order valence-electron chi connectivity index (χ2n) is 6.64. The Bertz CT molecular complexity index is 1030. The zero-order chi connectivity index (χ0) is 20.3. The molecule has 2 aromatic carbocycles. The summed E-state index contributed by atoms with van der Waals surface area (Å²) in [5.74, 6) is 0.602. The molecule has 0 unspecified atom stereocenters. The van der Waals surface area contributed by atoms with Gasteiger partial charge in [-0.3, -0.25) is 10.2 Å².